The van der Waals surface area contributed by atoms with Crippen molar-refractivity contribution in [2.45, 2.75) is 52.9 Å². The van der Waals surface area contributed by atoms with E-state index in [9.17, 15) is 4.79 Å². The fraction of sp³-hybridized carbons (Fsp3) is 0.909. The lowest BCUT2D eigenvalue weighted by molar-refractivity contribution is -0.123. The van der Waals surface area contributed by atoms with E-state index in [0.29, 0.717) is 5.92 Å². The van der Waals surface area contributed by atoms with Gasteiger partial charge in [-0.2, -0.15) is 0 Å². The molecule has 0 spiro atoms. The summed E-state index contributed by atoms with van der Waals surface area (Å²) >= 11 is 0. The van der Waals surface area contributed by atoms with Crippen molar-refractivity contribution in [1.29, 1.82) is 0 Å². The van der Waals surface area contributed by atoms with E-state index in [-0.39, 0.29) is 11.8 Å². The number of primary amides is 1. The Balaban J connectivity index is 0.000000671. The lowest BCUT2D eigenvalue weighted by atomic mass is 9.81. The van der Waals surface area contributed by atoms with Gasteiger partial charge in [-0.15, -0.1) is 0 Å². The number of amides is 1. The van der Waals surface area contributed by atoms with Crippen LogP contribution in [0, 0.1) is 11.8 Å². The quantitative estimate of drug-likeness (QED) is 0.706. The lowest BCUT2D eigenvalue weighted by Crippen LogP contribution is -2.28. The van der Waals surface area contributed by atoms with Gasteiger partial charge in [-0.1, -0.05) is 40.0 Å². The monoisotopic (exact) mass is 185 g/mol. The van der Waals surface area contributed by atoms with Crippen LogP contribution in [0.5, 0.6) is 0 Å². The second-order valence-electron chi connectivity index (χ2n) is 3.59. The number of hydrogen-bond donors (Lipinski definition) is 1. The third kappa shape index (κ3) is 4.30. The van der Waals surface area contributed by atoms with Gasteiger partial charge in [0.15, 0.2) is 0 Å². The Bertz CT molecular complexity index is 139. The molecule has 1 aliphatic carbocycles. The van der Waals surface area contributed by atoms with E-state index in [1.165, 1.54) is 32.1 Å². The molecular formula is C11H23NO. The van der Waals surface area contributed by atoms with Gasteiger partial charge >= 0.3 is 0 Å². The van der Waals surface area contributed by atoms with Gasteiger partial charge in [-0.25, -0.2) is 0 Å². The minimum absolute atomic E-state index is 0.0929. The van der Waals surface area contributed by atoms with Gasteiger partial charge in [0.1, 0.15) is 0 Å². The Morgan fingerprint density at radius 1 is 1.23 bits per heavy atom. The first-order valence-corrected chi connectivity index (χ1v) is 5.51. The molecule has 0 aliphatic heterocycles. The highest BCUT2D eigenvalue weighted by molar-refractivity contribution is 5.76. The number of hydrogen-bond acceptors (Lipinski definition) is 1. The second-order valence-corrected chi connectivity index (χ2v) is 3.59. The Kier molecular flexibility index (Phi) is 6.65. The Labute approximate surface area is 81.9 Å². The molecule has 78 valence electrons. The minimum atomic E-state index is -0.128. The largest absolute Gasteiger partial charge is 0.369 e. The van der Waals surface area contributed by atoms with Crippen molar-refractivity contribution in [3.63, 3.8) is 0 Å². The molecule has 0 bridgehead atoms. The molecule has 2 N–H and O–H groups in total. The summed E-state index contributed by atoms with van der Waals surface area (Å²) in [4.78, 5) is 10.8. The maximum Gasteiger partial charge on any atom is 0.220 e. The van der Waals surface area contributed by atoms with Crippen LogP contribution in [-0.2, 0) is 4.79 Å². The molecule has 0 radical (unpaired) electrons. The predicted octanol–water partition coefficient (Wildman–Crippen LogP) is 2.71. The summed E-state index contributed by atoms with van der Waals surface area (Å²) in [5.74, 6) is 0.536. The first-order chi connectivity index (χ1) is 6.22. The zero-order chi connectivity index (χ0) is 10.3. The Morgan fingerprint density at radius 3 is 2.08 bits per heavy atom. The third-order valence-electron chi connectivity index (χ3n) is 2.81. The molecule has 0 heterocycles. The molecule has 0 aromatic rings. The van der Waals surface area contributed by atoms with Gasteiger partial charge < -0.3 is 5.73 Å². The number of carbonyl (C=O) groups excluding carboxylic acids is 1. The standard InChI is InChI=1S/C9H17NO.C2H6/c1-7(9(10)11)8-5-3-2-4-6-8;1-2/h7-8H,2-6H2,1H3,(H2,10,11);1-2H3. The zero-order valence-corrected chi connectivity index (χ0v) is 9.18. The van der Waals surface area contributed by atoms with Crippen LogP contribution in [0.3, 0.4) is 0 Å². The molecule has 0 saturated heterocycles. The number of nitrogens with two attached hydrogens (primary N) is 1. The van der Waals surface area contributed by atoms with E-state index in [0.717, 1.165) is 0 Å². The van der Waals surface area contributed by atoms with Crippen LogP contribution in [0.4, 0.5) is 0 Å². The summed E-state index contributed by atoms with van der Waals surface area (Å²) in [6.45, 7) is 5.96. The first kappa shape index (κ1) is 12.5. The van der Waals surface area contributed by atoms with Crippen molar-refractivity contribution in [3.05, 3.63) is 0 Å². The Morgan fingerprint density at radius 2 is 1.69 bits per heavy atom. The smallest absolute Gasteiger partial charge is 0.220 e. The van der Waals surface area contributed by atoms with Crippen molar-refractivity contribution in [1.82, 2.24) is 0 Å². The molecule has 2 heteroatoms. The highest BCUT2D eigenvalue weighted by atomic mass is 16.1. The summed E-state index contributed by atoms with van der Waals surface area (Å²) in [7, 11) is 0. The summed E-state index contributed by atoms with van der Waals surface area (Å²) in [6, 6.07) is 0. The molecule has 1 aliphatic rings. The molecular weight excluding hydrogens is 162 g/mol. The molecule has 13 heavy (non-hydrogen) atoms. The van der Waals surface area contributed by atoms with Crippen LogP contribution >= 0.6 is 0 Å². The molecule has 1 saturated carbocycles. The average Bonchev–Trinajstić information content (AvgIpc) is 2.21. The minimum Gasteiger partial charge on any atom is -0.369 e. The number of carbonyl (C=O) groups is 1. The fourth-order valence-corrected chi connectivity index (χ4v) is 1.87. The SMILES string of the molecule is CC.CC(C(N)=O)C1CCCCC1. The molecule has 2 nitrogen and oxygen atoms in total. The average molecular weight is 185 g/mol. The Hall–Kier alpha value is -0.530. The van der Waals surface area contributed by atoms with Gasteiger partial charge in [0, 0.05) is 5.92 Å². The van der Waals surface area contributed by atoms with Crippen molar-refractivity contribution in [2.75, 3.05) is 0 Å². The second kappa shape index (κ2) is 6.93. The summed E-state index contributed by atoms with van der Waals surface area (Å²) < 4.78 is 0. The fourth-order valence-electron chi connectivity index (χ4n) is 1.87. The van der Waals surface area contributed by atoms with Crippen molar-refractivity contribution < 1.29 is 4.79 Å². The molecule has 1 atom stereocenters. The molecule has 0 aromatic carbocycles. The number of rotatable bonds is 2. The van der Waals surface area contributed by atoms with Crippen LogP contribution in [0.1, 0.15) is 52.9 Å². The van der Waals surface area contributed by atoms with E-state index < -0.39 is 0 Å². The van der Waals surface area contributed by atoms with Crippen LogP contribution in [0.2, 0.25) is 0 Å². The van der Waals surface area contributed by atoms with E-state index in [1.54, 1.807) is 0 Å². The van der Waals surface area contributed by atoms with E-state index in [1.807, 2.05) is 20.8 Å². The predicted molar refractivity (Wildman–Crippen MR) is 56.3 cm³/mol. The summed E-state index contributed by atoms with van der Waals surface area (Å²) in [5.41, 5.74) is 5.23. The van der Waals surface area contributed by atoms with Gasteiger partial charge in [-0.05, 0) is 18.8 Å². The first-order valence-electron chi connectivity index (χ1n) is 5.51. The molecule has 0 aromatic heterocycles. The van der Waals surface area contributed by atoms with Crippen LogP contribution in [0.15, 0.2) is 0 Å². The molecule has 1 unspecified atom stereocenters. The van der Waals surface area contributed by atoms with Crippen LogP contribution < -0.4 is 5.73 Å². The van der Waals surface area contributed by atoms with E-state index >= 15 is 0 Å². The van der Waals surface area contributed by atoms with Crippen molar-refractivity contribution in [3.8, 4) is 0 Å². The maximum absolute atomic E-state index is 10.8. The van der Waals surface area contributed by atoms with Gasteiger partial charge in [-0.3, -0.25) is 4.79 Å². The molecule has 1 amide bonds. The normalized spacial score (nSPS) is 19.9. The van der Waals surface area contributed by atoms with Crippen molar-refractivity contribution >= 4 is 5.91 Å². The summed E-state index contributed by atoms with van der Waals surface area (Å²) in [5, 5.41) is 0. The molecule has 1 rings (SSSR count). The topological polar surface area (TPSA) is 43.1 Å². The molecule has 1 fully saturated rings. The van der Waals surface area contributed by atoms with Crippen LogP contribution in [0.25, 0.3) is 0 Å². The third-order valence-corrected chi connectivity index (χ3v) is 2.81. The van der Waals surface area contributed by atoms with Crippen LogP contribution in [-0.4, -0.2) is 5.91 Å². The van der Waals surface area contributed by atoms with Gasteiger partial charge in [0.05, 0.1) is 0 Å². The maximum atomic E-state index is 10.8. The van der Waals surface area contributed by atoms with Gasteiger partial charge in [0.2, 0.25) is 5.91 Å². The highest BCUT2D eigenvalue weighted by Crippen LogP contribution is 2.29. The lowest BCUT2D eigenvalue weighted by Gasteiger charge is -2.25. The summed E-state index contributed by atoms with van der Waals surface area (Å²) in [6.07, 6.45) is 6.29. The van der Waals surface area contributed by atoms with E-state index in [4.69, 9.17) is 5.73 Å². The van der Waals surface area contributed by atoms with Gasteiger partial charge in [0.25, 0.3) is 0 Å². The zero-order valence-electron chi connectivity index (χ0n) is 9.18. The highest BCUT2D eigenvalue weighted by Gasteiger charge is 2.23. The van der Waals surface area contributed by atoms with Crippen molar-refractivity contribution in [2.24, 2.45) is 17.6 Å². The van der Waals surface area contributed by atoms with E-state index in [2.05, 4.69) is 0 Å².